The van der Waals surface area contributed by atoms with E-state index in [1.165, 1.54) is 0 Å². The normalized spacial score (nSPS) is 15.6. The van der Waals surface area contributed by atoms with E-state index in [0.29, 0.717) is 25.3 Å². The standard InChI is InChI=1S/C22H22N2O3/c1-3-24(13-16-14-26-20-10-6-7-11-21(20)27-16)22(25)18-12-15(2)23-19-9-5-4-8-17(18)19/h4-12,16H,3,13-14H2,1-2H3. The molecule has 0 radical (unpaired) electrons. The second-order valence-corrected chi connectivity index (χ2v) is 6.67. The number of rotatable bonds is 4. The van der Waals surface area contributed by atoms with Gasteiger partial charge in [-0.2, -0.15) is 0 Å². The second-order valence-electron chi connectivity index (χ2n) is 6.67. The highest BCUT2D eigenvalue weighted by atomic mass is 16.6. The van der Waals surface area contributed by atoms with Crippen LogP contribution in [0.3, 0.4) is 0 Å². The first-order valence-electron chi connectivity index (χ1n) is 9.20. The Bertz CT molecular complexity index is 986. The molecule has 0 bridgehead atoms. The van der Waals surface area contributed by atoms with Crippen molar-refractivity contribution >= 4 is 16.8 Å². The topological polar surface area (TPSA) is 51.7 Å². The zero-order valence-electron chi connectivity index (χ0n) is 15.5. The number of ether oxygens (including phenoxy) is 2. The van der Waals surface area contributed by atoms with Crippen molar-refractivity contribution in [1.82, 2.24) is 9.88 Å². The number of carbonyl (C=O) groups excluding carboxylic acids is 1. The summed E-state index contributed by atoms with van der Waals surface area (Å²) < 4.78 is 11.8. The van der Waals surface area contributed by atoms with Crippen LogP contribution in [-0.4, -0.2) is 41.6 Å². The van der Waals surface area contributed by atoms with Gasteiger partial charge in [-0.3, -0.25) is 9.78 Å². The average Bonchev–Trinajstić information content (AvgIpc) is 2.70. The van der Waals surface area contributed by atoms with Crippen LogP contribution < -0.4 is 9.47 Å². The van der Waals surface area contributed by atoms with Crippen molar-refractivity contribution in [3.05, 3.63) is 65.9 Å². The highest BCUT2D eigenvalue weighted by Crippen LogP contribution is 2.31. The van der Waals surface area contributed by atoms with Gasteiger partial charge in [0.1, 0.15) is 6.61 Å². The number of hydrogen-bond donors (Lipinski definition) is 0. The number of pyridine rings is 1. The second kappa shape index (κ2) is 7.27. The van der Waals surface area contributed by atoms with Crippen LogP contribution in [-0.2, 0) is 0 Å². The molecule has 4 rings (SSSR count). The van der Waals surface area contributed by atoms with E-state index in [0.717, 1.165) is 28.1 Å². The Morgan fingerprint density at radius 1 is 1.15 bits per heavy atom. The zero-order valence-corrected chi connectivity index (χ0v) is 15.5. The van der Waals surface area contributed by atoms with E-state index < -0.39 is 0 Å². The lowest BCUT2D eigenvalue weighted by Gasteiger charge is -2.31. The molecule has 5 nitrogen and oxygen atoms in total. The fourth-order valence-corrected chi connectivity index (χ4v) is 3.41. The average molecular weight is 362 g/mol. The minimum atomic E-state index is -0.196. The molecule has 0 saturated carbocycles. The number of benzene rings is 2. The number of nitrogens with zero attached hydrogens (tertiary/aromatic N) is 2. The van der Waals surface area contributed by atoms with Gasteiger partial charge in [-0.1, -0.05) is 30.3 Å². The number of para-hydroxylation sites is 3. The van der Waals surface area contributed by atoms with Crippen LogP contribution in [0.15, 0.2) is 54.6 Å². The maximum absolute atomic E-state index is 13.3. The molecule has 0 N–H and O–H groups in total. The van der Waals surface area contributed by atoms with Crippen molar-refractivity contribution in [2.45, 2.75) is 20.0 Å². The molecule has 0 fully saturated rings. The quantitative estimate of drug-likeness (QED) is 0.707. The van der Waals surface area contributed by atoms with Crippen LogP contribution in [0.25, 0.3) is 10.9 Å². The first kappa shape index (κ1) is 17.3. The lowest BCUT2D eigenvalue weighted by Crippen LogP contribution is -2.43. The SMILES string of the molecule is CCN(CC1COc2ccccc2O1)C(=O)c1cc(C)nc2ccccc12. The van der Waals surface area contributed by atoms with Gasteiger partial charge in [-0.15, -0.1) is 0 Å². The zero-order chi connectivity index (χ0) is 18.8. The number of hydrogen-bond acceptors (Lipinski definition) is 4. The summed E-state index contributed by atoms with van der Waals surface area (Å²) in [7, 11) is 0. The first-order chi connectivity index (χ1) is 13.2. The van der Waals surface area contributed by atoms with Crippen LogP contribution in [0.2, 0.25) is 0 Å². The molecule has 2 aromatic carbocycles. The first-order valence-corrected chi connectivity index (χ1v) is 9.20. The van der Waals surface area contributed by atoms with E-state index in [1.807, 2.05) is 73.3 Å². The smallest absolute Gasteiger partial charge is 0.254 e. The van der Waals surface area contributed by atoms with E-state index >= 15 is 0 Å². The van der Waals surface area contributed by atoms with Crippen molar-refractivity contribution in [1.29, 1.82) is 0 Å². The molecule has 5 heteroatoms. The summed E-state index contributed by atoms with van der Waals surface area (Å²) in [5, 5.41) is 0.873. The van der Waals surface area contributed by atoms with Crippen molar-refractivity contribution in [3.63, 3.8) is 0 Å². The van der Waals surface area contributed by atoms with Crippen LogP contribution in [0, 0.1) is 6.92 Å². The van der Waals surface area contributed by atoms with E-state index in [1.54, 1.807) is 0 Å². The van der Waals surface area contributed by atoms with Gasteiger partial charge in [-0.25, -0.2) is 0 Å². The third-order valence-corrected chi connectivity index (χ3v) is 4.74. The number of aromatic nitrogens is 1. The maximum Gasteiger partial charge on any atom is 0.254 e. The minimum Gasteiger partial charge on any atom is -0.486 e. The van der Waals surface area contributed by atoms with Crippen LogP contribution in [0.1, 0.15) is 23.0 Å². The molecule has 1 aromatic heterocycles. The third kappa shape index (κ3) is 3.45. The molecule has 27 heavy (non-hydrogen) atoms. The number of amides is 1. The van der Waals surface area contributed by atoms with Gasteiger partial charge in [0, 0.05) is 17.6 Å². The Morgan fingerprint density at radius 3 is 2.70 bits per heavy atom. The third-order valence-electron chi connectivity index (χ3n) is 4.74. The highest BCUT2D eigenvalue weighted by Gasteiger charge is 2.26. The number of carbonyl (C=O) groups is 1. The number of likely N-dealkylation sites (N-methyl/N-ethyl adjacent to an activating group) is 1. The van der Waals surface area contributed by atoms with E-state index in [4.69, 9.17) is 9.47 Å². The molecule has 1 amide bonds. The van der Waals surface area contributed by atoms with Gasteiger partial charge in [-0.05, 0) is 38.1 Å². The molecule has 1 unspecified atom stereocenters. The van der Waals surface area contributed by atoms with Crippen LogP contribution >= 0.6 is 0 Å². The number of fused-ring (bicyclic) bond motifs is 2. The summed E-state index contributed by atoms with van der Waals surface area (Å²) >= 11 is 0. The molecule has 0 spiro atoms. The predicted molar refractivity (Wildman–Crippen MR) is 104 cm³/mol. The molecule has 1 aliphatic rings. The lowest BCUT2D eigenvalue weighted by molar-refractivity contribution is 0.0476. The Hall–Kier alpha value is -3.08. The Kier molecular flexibility index (Phi) is 4.67. The summed E-state index contributed by atoms with van der Waals surface area (Å²) in [5.41, 5.74) is 2.35. The van der Waals surface area contributed by atoms with E-state index in [-0.39, 0.29) is 12.0 Å². The molecule has 138 valence electrons. The lowest BCUT2D eigenvalue weighted by atomic mass is 10.1. The van der Waals surface area contributed by atoms with Crippen LogP contribution in [0.4, 0.5) is 0 Å². The molecule has 2 heterocycles. The Morgan fingerprint density at radius 2 is 1.89 bits per heavy atom. The maximum atomic E-state index is 13.3. The Labute approximate surface area is 158 Å². The predicted octanol–water partition coefficient (Wildman–Crippen LogP) is 3.85. The molecule has 3 aromatic rings. The van der Waals surface area contributed by atoms with Crippen molar-refractivity contribution in [3.8, 4) is 11.5 Å². The van der Waals surface area contributed by atoms with Gasteiger partial charge < -0.3 is 14.4 Å². The van der Waals surface area contributed by atoms with E-state index in [9.17, 15) is 4.79 Å². The van der Waals surface area contributed by atoms with Crippen molar-refractivity contribution in [2.24, 2.45) is 0 Å². The summed E-state index contributed by atoms with van der Waals surface area (Å²) in [4.78, 5) is 19.6. The summed E-state index contributed by atoms with van der Waals surface area (Å²) in [6.07, 6.45) is -0.196. The van der Waals surface area contributed by atoms with E-state index in [2.05, 4.69) is 4.98 Å². The molecule has 0 aliphatic carbocycles. The largest absolute Gasteiger partial charge is 0.486 e. The molecular weight excluding hydrogens is 340 g/mol. The van der Waals surface area contributed by atoms with Crippen molar-refractivity contribution in [2.75, 3.05) is 19.7 Å². The summed E-state index contributed by atoms with van der Waals surface area (Å²) in [5.74, 6) is 1.46. The van der Waals surface area contributed by atoms with Crippen molar-refractivity contribution < 1.29 is 14.3 Å². The van der Waals surface area contributed by atoms with Gasteiger partial charge in [0.25, 0.3) is 5.91 Å². The van der Waals surface area contributed by atoms with Gasteiger partial charge in [0.05, 0.1) is 17.6 Å². The summed E-state index contributed by atoms with van der Waals surface area (Å²) in [6.45, 7) is 5.38. The molecular formula is C22H22N2O3. The fourth-order valence-electron chi connectivity index (χ4n) is 3.41. The van der Waals surface area contributed by atoms with Gasteiger partial charge in [0.15, 0.2) is 17.6 Å². The van der Waals surface area contributed by atoms with Gasteiger partial charge >= 0.3 is 0 Å². The van der Waals surface area contributed by atoms with Gasteiger partial charge in [0.2, 0.25) is 0 Å². The molecule has 1 atom stereocenters. The Balaban J connectivity index is 1.58. The summed E-state index contributed by atoms with van der Waals surface area (Å²) in [6, 6.07) is 17.2. The minimum absolute atomic E-state index is 0.0124. The monoisotopic (exact) mass is 362 g/mol. The fraction of sp³-hybridized carbons (Fsp3) is 0.273. The van der Waals surface area contributed by atoms with Crippen LogP contribution in [0.5, 0.6) is 11.5 Å². The number of aryl methyl sites for hydroxylation is 1. The molecule has 1 aliphatic heterocycles. The highest BCUT2D eigenvalue weighted by molar-refractivity contribution is 6.06. The molecule has 0 saturated heterocycles.